The van der Waals surface area contributed by atoms with Gasteiger partial charge >= 0.3 is 0 Å². The lowest BCUT2D eigenvalue weighted by Gasteiger charge is -2.05. The number of nitrogens with one attached hydrogen (secondary N) is 4. The molecule has 1 saturated heterocycles. The van der Waals surface area contributed by atoms with Crippen LogP contribution in [0.1, 0.15) is 47.9 Å². The molecule has 6 rings (SSSR count). The van der Waals surface area contributed by atoms with E-state index >= 15 is 0 Å². The van der Waals surface area contributed by atoms with Gasteiger partial charge < -0.3 is 10.6 Å². The minimum atomic E-state index is -0.0290. The van der Waals surface area contributed by atoms with Crippen LogP contribution in [0.3, 0.4) is 0 Å². The first-order chi connectivity index (χ1) is 15.2. The Balaban J connectivity index is 1.34. The largest absolute Gasteiger partial charge is 0.349 e. The molecule has 1 aliphatic heterocycles. The molecule has 2 aromatic carbocycles. The SMILES string of the molecule is O=C(NC1CC1)c1cccc(-c2n[nH]c3ccc(-c4n[nH]c(C5CCCN5)n4)cc23)c1. The first kappa shape index (κ1) is 18.3. The van der Waals surface area contributed by atoms with Crippen LogP contribution in [-0.2, 0) is 0 Å². The summed E-state index contributed by atoms with van der Waals surface area (Å²) in [4.78, 5) is 17.2. The first-order valence-corrected chi connectivity index (χ1v) is 10.8. The van der Waals surface area contributed by atoms with E-state index in [2.05, 4.69) is 37.1 Å². The molecular weight excluding hydrogens is 390 g/mol. The fourth-order valence-electron chi connectivity index (χ4n) is 4.15. The number of carbonyl (C=O) groups is 1. The van der Waals surface area contributed by atoms with Crippen LogP contribution in [0, 0.1) is 0 Å². The van der Waals surface area contributed by atoms with Gasteiger partial charge in [-0.15, -0.1) is 0 Å². The summed E-state index contributed by atoms with van der Waals surface area (Å²) in [7, 11) is 0. The third-order valence-corrected chi connectivity index (χ3v) is 6.02. The van der Waals surface area contributed by atoms with Gasteiger partial charge in [-0.25, -0.2) is 4.98 Å². The van der Waals surface area contributed by atoms with Gasteiger partial charge in [-0.1, -0.05) is 12.1 Å². The molecular formula is C23H23N7O. The average Bonchev–Trinajstić information content (AvgIpc) is 3.22. The van der Waals surface area contributed by atoms with Gasteiger partial charge in [-0.2, -0.15) is 10.2 Å². The molecule has 0 spiro atoms. The summed E-state index contributed by atoms with van der Waals surface area (Å²) >= 11 is 0. The number of aromatic amines is 2. The molecule has 2 aromatic heterocycles. The van der Waals surface area contributed by atoms with E-state index in [4.69, 9.17) is 4.98 Å². The van der Waals surface area contributed by atoms with Crippen molar-refractivity contribution in [3.05, 3.63) is 53.9 Å². The van der Waals surface area contributed by atoms with Gasteiger partial charge in [0.05, 0.1) is 17.3 Å². The van der Waals surface area contributed by atoms with E-state index in [1.807, 2.05) is 36.4 Å². The fraction of sp³-hybridized carbons (Fsp3) is 0.304. The van der Waals surface area contributed by atoms with Crippen LogP contribution < -0.4 is 10.6 Å². The lowest BCUT2D eigenvalue weighted by atomic mass is 10.0. The van der Waals surface area contributed by atoms with Gasteiger partial charge in [0.2, 0.25) is 0 Å². The number of amides is 1. The maximum absolute atomic E-state index is 12.5. The normalized spacial score (nSPS) is 18.5. The van der Waals surface area contributed by atoms with Crippen molar-refractivity contribution in [3.63, 3.8) is 0 Å². The van der Waals surface area contributed by atoms with Crippen molar-refractivity contribution in [2.75, 3.05) is 6.54 Å². The lowest BCUT2D eigenvalue weighted by molar-refractivity contribution is 0.0951. The Morgan fingerprint density at radius 3 is 2.77 bits per heavy atom. The molecule has 1 saturated carbocycles. The monoisotopic (exact) mass is 413 g/mol. The number of carbonyl (C=O) groups excluding carboxylic acids is 1. The van der Waals surface area contributed by atoms with Gasteiger partial charge in [0, 0.05) is 28.1 Å². The molecule has 4 N–H and O–H groups in total. The number of hydrogen-bond donors (Lipinski definition) is 4. The second-order valence-electron chi connectivity index (χ2n) is 8.35. The molecule has 156 valence electrons. The maximum atomic E-state index is 12.5. The van der Waals surface area contributed by atoms with Crippen LogP contribution in [0.5, 0.6) is 0 Å². The smallest absolute Gasteiger partial charge is 0.251 e. The van der Waals surface area contributed by atoms with E-state index in [-0.39, 0.29) is 11.9 Å². The van der Waals surface area contributed by atoms with E-state index in [1.165, 1.54) is 0 Å². The van der Waals surface area contributed by atoms with Gasteiger partial charge in [0.25, 0.3) is 5.91 Å². The number of aromatic nitrogens is 5. The number of H-pyrrole nitrogens is 2. The van der Waals surface area contributed by atoms with Crippen LogP contribution in [-0.4, -0.2) is 43.9 Å². The Morgan fingerprint density at radius 2 is 1.94 bits per heavy atom. The minimum absolute atomic E-state index is 0.0290. The lowest BCUT2D eigenvalue weighted by Crippen LogP contribution is -2.25. The van der Waals surface area contributed by atoms with Crippen molar-refractivity contribution < 1.29 is 4.79 Å². The number of nitrogens with zero attached hydrogens (tertiary/aromatic N) is 3. The predicted molar refractivity (Wildman–Crippen MR) is 117 cm³/mol. The van der Waals surface area contributed by atoms with Gasteiger partial charge in [0.1, 0.15) is 5.82 Å². The van der Waals surface area contributed by atoms with Gasteiger partial charge in [-0.05, 0) is 62.6 Å². The number of fused-ring (bicyclic) bond motifs is 1. The number of hydrogen-bond acceptors (Lipinski definition) is 5. The Morgan fingerprint density at radius 1 is 1.00 bits per heavy atom. The van der Waals surface area contributed by atoms with Crippen molar-refractivity contribution in [1.82, 2.24) is 36.0 Å². The highest BCUT2D eigenvalue weighted by molar-refractivity contribution is 5.99. The zero-order chi connectivity index (χ0) is 20.8. The highest BCUT2D eigenvalue weighted by Crippen LogP contribution is 2.31. The summed E-state index contributed by atoms with van der Waals surface area (Å²) in [5, 5.41) is 22.6. The summed E-state index contributed by atoms with van der Waals surface area (Å²) in [5.41, 5.74) is 4.22. The standard InChI is InChI=1S/C23H23N7O/c31-23(25-16-7-8-16)15-4-1-3-13(11-15)20-17-12-14(6-9-18(17)27-28-20)21-26-22(30-29-21)19-5-2-10-24-19/h1,3-4,6,9,11-12,16,19,24H,2,5,7-8,10H2,(H,25,31)(H,27,28)(H,26,29,30). The van der Waals surface area contributed by atoms with Crippen molar-refractivity contribution >= 4 is 16.8 Å². The Hall–Kier alpha value is -3.52. The summed E-state index contributed by atoms with van der Waals surface area (Å²) < 4.78 is 0. The molecule has 31 heavy (non-hydrogen) atoms. The highest BCUT2D eigenvalue weighted by atomic mass is 16.1. The molecule has 4 aromatic rings. The zero-order valence-electron chi connectivity index (χ0n) is 17.0. The quantitative estimate of drug-likeness (QED) is 0.401. The minimum Gasteiger partial charge on any atom is -0.349 e. The van der Waals surface area contributed by atoms with E-state index in [0.29, 0.717) is 17.4 Å². The molecule has 0 bridgehead atoms. The number of benzene rings is 2. The van der Waals surface area contributed by atoms with Crippen molar-refractivity contribution in [2.45, 2.75) is 37.8 Å². The average molecular weight is 413 g/mol. The van der Waals surface area contributed by atoms with Gasteiger partial charge in [0.15, 0.2) is 5.82 Å². The van der Waals surface area contributed by atoms with Crippen molar-refractivity contribution in [3.8, 4) is 22.6 Å². The molecule has 8 heteroatoms. The van der Waals surface area contributed by atoms with Crippen LogP contribution in [0.4, 0.5) is 0 Å². The van der Waals surface area contributed by atoms with Crippen LogP contribution >= 0.6 is 0 Å². The van der Waals surface area contributed by atoms with E-state index < -0.39 is 0 Å². The third kappa shape index (κ3) is 3.48. The molecule has 2 aliphatic rings. The second kappa shape index (κ2) is 7.31. The third-order valence-electron chi connectivity index (χ3n) is 6.02. The van der Waals surface area contributed by atoms with Crippen LogP contribution in [0.2, 0.25) is 0 Å². The summed E-state index contributed by atoms with van der Waals surface area (Å²) in [5.74, 6) is 1.53. The second-order valence-corrected chi connectivity index (χ2v) is 8.35. The maximum Gasteiger partial charge on any atom is 0.251 e. The Bertz CT molecular complexity index is 1260. The predicted octanol–water partition coefficient (Wildman–Crippen LogP) is 3.33. The molecule has 0 radical (unpaired) electrons. The fourth-order valence-corrected chi connectivity index (χ4v) is 4.15. The Labute approximate surface area is 178 Å². The van der Waals surface area contributed by atoms with E-state index in [1.54, 1.807) is 0 Å². The van der Waals surface area contributed by atoms with E-state index in [0.717, 1.165) is 65.8 Å². The molecule has 2 fully saturated rings. The number of rotatable bonds is 5. The molecule has 1 amide bonds. The summed E-state index contributed by atoms with van der Waals surface area (Å²) in [6, 6.07) is 14.2. The highest BCUT2D eigenvalue weighted by Gasteiger charge is 2.24. The molecule has 1 atom stereocenters. The molecule has 8 nitrogen and oxygen atoms in total. The Kier molecular flexibility index (Phi) is 4.31. The molecule has 1 unspecified atom stereocenters. The topological polar surface area (TPSA) is 111 Å². The molecule has 3 heterocycles. The van der Waals surface area contributed by atoms with Crippen molar-refractivity contribution in [2.24, 2.45) is 0 Å². The van der Waals surface area contributed by atoms with Crippen molar-refractivity contribution in [1.29, 1.82) is 0 Å². The van der Waals surface area contributed by atoms with Crippen LogP contribution in [0.25, 0.3) is 33.5 Å². The van der Waals surface area contributed by atoms with E-state index in [9.17, 15) is 4.79 Å². The van der Waals surface area contributed by atoms with Crippen LogP contribution in [0.15, 0.2) is 42.5 Å². The first-order valence-electron chi connectivity index (χ1n) is 10.8. The zero-order valence-corrected chi connectivity index (χ0v) is 17.0. The molecule has 1 aliphatic carbocycles. The van der Waals surface area contributed by atoms with Gasteiger partial charge in [-0.3, -0.25) is 15.0 Å². The summed E-state index contributed by atoms with van der Waals surface area (Å²) in [6.07, 6.45) is 4.36. The summed E-state index contributed by atoms with van der Waals surface area (Å²) in [6.45, 7) is 1.02.